The summed E-state index contributed by atoms with van der Waals surface area (Å²) >= 11 is 0. The van der Waals surface area contributed by atoms with Gasteiger partial charge in [0, 0.05) is 33.0 Å². The molecule has 0 atom stereocenters. The summed E-state index contributed by atoms with van der Waals surface area (Å²) in [5, 5.41) is 7.75. The number of fused-ring (bicyclic) bond motifs is 3. The molecule has 0 aliphatic heterocycles. The quantitative estimate of drug-likeness (QED) is 0.108. The lowest BCUT2D eigenvalue weighted by Crippen LogP contribution is -2.74. The van der Waals surface area contributed by atoms with Crippen LogP contribution in [0.5, 0.6) is 0 Å². The topological polar surface area (TPSA) is 43.6 Å². The van der Waals surface area contributed by atoms with E-state index in [1.807, 2.05) is 36.4 Å². The highest BCUT2D eigenvalue weighted by Gasteiger charge is 2.41. The number of para-hydroxylation sites is 1. The second-order valence-electron chi connectivity index (χ2n) is 16.0. The molecule has 11 rings (SSSR count). The van der Waals surface area contributed by atoms with Crippen molar-refractivity contribution in [3.05, 3.63) is 242 Å². The smallest absolute Gasteiger partial charge is 0.179 e. The molecule has 298 valence electrons. The van der Waals surface area contributed by atoms with Crippen LogP contribution in [0, 0.1) is 6.92 Å². The van der Waals surface area contributed by atoms with Crippen LogP contribution in [0.15, 0.2) is 237 Å². The molecule has 9 aromatic carbocycles. The molecule has 0 radical (unpaired) electrons. The Labute approximate surface area is 368 Å². The summed E-state index contributed by atoms with van der Waals surface area (Å²) in [4.78, 5) is 15.7. The Bertz CT molecular complexity index is 3220. The van der Waals surface area contributed by atoms with Crippen LogP contribution in [-0.2, 0) is 0 Å². The lowest BCUT2D eigenvalue weighted by Gasteiger charge is -2.34. The molecule has 5 heteroatoms. The molecule has 2 heterocycles. The number of aryl methyl sites for hydroxylation is 1. The highest BCUT2D eigenvalue weighted by Crippen LogP contribution is 2.41. The molecule has 0 aliphatic carbocycles. The third-order valence-electron chi connectivity index (χ3n) is 12.3. The second-order valence-corrected chi connectivity index (χ2v) is 19.8. The van der Waals surface area contributed by atoms with Crippen LogP contribution < -0.4 is 20.7 Å². The fourth-order valence-corrected chi connectivity index (χ4v) is 14.2. The summed E-state index contributed by atoms with van der Waals surface area (Å²) in [5.41, 5.74) is 9.47. The third-order valence-corrected chi connectivity index (χ3v) is 17.1. The third kappa shape index (κ3) is 6.67. The normalized spacial score (nSPS) is 11.6. The minimum Gasteiger partial charge on any atom is -0.309 e. The van der Waals surface area contributed by atoms with Crippen LogP contribution in [0.1, 0.15) is 5.56 Å². The van der Waals surface area contributed by atoms with E-state index in [2.05, 4.69) is 212 Å². The zero-order valence-corrected chi connectivity index (χ0v) is 35.8. The van der Waals surface area contributed by atoms with Gasteiger partial charge < -0.3 is 4.57 Å². The zero-order valence-electron chi connectivity index (χ0n) is 34.8. The number of nitrogens with zero attached hydrogens (tertiary/aromatic N) is 4. The molecule has 0 unspecified atom stereocenters. The maximum Gasteiger partial charge on any atom is 0.179 e. The van der Waals surface area contributed by atoms with Crippen LogP contribution in [0.2, 0.25) is 0 Å². The molecule has 0 spiro atoms. The van der Waals surface area contributed by atoms with Gasteiger partial charge in [-0.1, -0.05) is 218 Å². The van der Waals surface area contributed by atoms with Crippen molar-refractivity contribution in [3.63, 3.8) is 0 Å². The lowest BCUT2D eigenvalue weighted by atomic mass is 9.96. The Hall–Kier alpha value is -7.99. The highest BCUT2D eigenvalue weighted by molar-refractivity contribution is 7.19. The molecule has 0 amide bonds. The predicted octanol–water partition coefficient (Wildman–Crippen LogP) is 11.3. The number of hydrogen-bond donors (Lipinski definition) is 0. The molecule has 0 bridgehead atoms. The SMILES string of the molecule is Cc1ccc2c(c1)c1ccccc1n2-c1cccc(-c2nc(-c3ccccc3)nc(-c3ccccc3)n2)c1-c1ccc([Si](c2ccccc2)(c2ccccc2)c2ccccc2)cc1. The van der Waals surface area contributed by atoms with Gasteiger partial charge in [-0.15, -0.1) is 0 Å². The Kier molecular flexibility index (Phi) is 9.72. The summed E-state index contributed by atoms with van der Waals surface area (Å²) in [6.45, 7) is 2.16. The van der Waals surface area contributed by atoms with Crippen molar-refractivity contribution < 1.29 is 0 Å². The van der Waals surface area contributed by atoms with E-state index in [4.69, 9.17) is 15.0 Å². The Morgan fingerprint density at radius 3 is 1.37 bits per heavy atom. The first-order valence-electron chi connectivity index (χ1n) is 21.4. The molecular weight excluding hydrogens is 781 g/mol. The largest absolute Gasteiger partial charge is 0.309 e. The highest BCUT2D eigenvalue weighted by atomic mass is 28.3. The summed E-state index contributed by atoms with van der Waals surface area (Å²) < 4.78 is 2.42. The average molecular weight is 823 g/mol. The molecule has 0 aliphatic rings. The van der Waals surface area contributed by atoms with Gasteiger partial charge in [0.25, 0.3) is 0 Å². The van der Waals surface area contributed by atoms with Crippen molar-refractivity contribution in [2.24, 2.45) is 0 Å². The summed E-state index contributed by atoms with van der Waals surface area (Å²) in [6.07, 6.45) is 0. The standard InChI is InChI=1S/C58H42N4Si/c1-41-34-39-53-51(40-41)49-30-17-18-32-52(49)62(53)54-33-19-31-50(58-60-56(43-20-7-2-8-21-43)59-57(61-58)44-22-9-3-10-23-44)55(54)42-35-37-48(38-36-42)63(45-24-11-4-12-25-45,46-26-13-5-14-27-46)47-28-15-6-16-29-47/h2-40H,1H3. The maximum absolute atomic E-state index is 5.30. The van der Waals surface area contributed by atoms with E-state index in [1.54, 1.807) is 0 Å². The number of aromatic nitrogens is 4. The fourth-order valence-electron chi connectivity index (χ4n) is 9.44. The van der Waals surface area contributed by atoms with E-state index in [9.17, 15) is 0 Å². The van der Waals surface area contributed by atoms with Gasteiger partial charge in [-0.25, -0.2) is 15.0 Å². The molecular formula is C58H42N4Si. The van der Waals surface area contributed by atoms with Gasteiger partial charge in [0.1, 0.15) is 0 Å². The van der Waals surface area contributed by atoms with Crippen molar-refractivity contribution in [2.45, 2.75) is 6.92 Å². The average Bonchev–Trinajstić information content (AvgIpc) is 3.69. The molecule has 11 aromatic rings. The molecule has 4 nitrogen and oxygen atoms in total. The van der Waals surface area contributed by atoms with Crippen molar-refractivity contribution >= 4 is 50.6 Å². The van der Waals surface area contributed by atoms with E-state index >= 15 is 0 Å². The van der Waals surface area contributed by atoms with Gasteiger partial charge in [-0.2, -0.15) is 0 Å². The molecule has 0 saturated heterocycles. The lowest BCUT2D eigenvalue weighted by molar-refractivity contribution is 1.07. The molecule has 63 heavy (non-hydrogen) atoms. The number of rotatable bonds is 9. The van der Waals surface area contributed by atoms with Crippen LogP contribution in [0.25, 0.3) is 72.8 Å². The molecule has 2 aromatic heterocycles. The molecule has 0 fully saturated rings. The first-order valence-corrected chi connectivity index (χ1v) is 23.4. The minimum atomic E-state index is -2.77. The Morgan fingerprint density at radius 2 is 0.810 bits per heavy atom. The summed E-state index contributed by atoms with van der Waals surface area (Å²) in [7, 11) is -2.77. The minimum absolute atomic E-state index is 0.613. The van der Waals surface area contributed by atoms with Crippen LogP contribution in [-0.4, -0.2) is 27.6 Å². The monoisotopic (exact) mass is 822 g/mol. The maximum atomic E-state index is 5.30. The van der Waals surface area contributed by atoms with Crippen molar-refractivity contribution in [2.75, 3.05) is 0 Å². The second kappa shape index (κ2) is 16.1. The van der Waals surface area contributed by atoms with Crippen molar-refractivity contribution in [1.29, 1.82) is 0 Å². The van der Waals surface area contributed by atoms with Gasteiger partial charge in [-0.3, -0.25) is 0 Å². The van der Waals surface area contributed by atoms with Crippen LogP contribution in [0.4, 0.5) is 0 Å². The van der Waals surface area contributed by atoms with Crippen LogP contribution in [0.3, 0.4) is 0 Å². The van der Waals surface area contributed by atoms with E-state index in [0.29, 0.717) is 17.5 Å². The van der Waals surface area contributed by atoms with Gasteiger partial charge in [0.2, 0.25) is 0 Å². The van der Waals surface area contributed by atoms with Gasteiger partial charge in [-0.05, 0) is 57.5 Å². The van der Waals surface area contributed by atoms with E-state index < -0.39 is 8.07 Å². The van der Waals surface area contributed by atoms with Crippen molar-refractivity contribution in [1.82, 2.24) is 19.5 Å². The predicted molar refractivity (Wildman–Crippen MR) is 264 cm³/mol. The van der Waals surface area contributed by atoms with Gasteiger partial charge in [0.05, 0.1) is 16.7 Å². The van der Waals surface area contributed by atoms with Gasteiger partial charge >= 0.3 is 0 Å². The first kappa shape index (κ1) is 38.0. The summed E-state index contributed by atoms with van der Waals surface area (Å²) in [6, 6.07) is 85.1. The van der Waals surface area contributed by atoms with E-state index in [0.717, 1.165) is 44.5 Å². The van der Waals surface area contributed by atoms with E-state index in [1.165, 1.54) is 37.1 Å². The first-order chi connectivity index (χ1) is 31.2. The molecule has 0 saturated carbocycles. The Morgan fingerprint density at radius 1 is 0.349 bits per heavy atom. The Balaban J connectivity index is 1.20. The molecule has 0 N–H and O–H groups in total. The van der Waals surface area contributed by atoms with E-state index in [-0.39, 0.29) is 0 Å². The number of benzene rings is 9. The summed E-state index contributed by atoms with van der Waals surface area (Å²) in [5.74, 6) is 1.87. The fraction of sp³-hybridized carbons (Fsp3) is 0.0172. The zero-order chi connectivity index (χ0) is 42.2. The van der Waals surface area contributed by atoms with Crippen LogP contribution >= 0.6 is 0 Å². The van der Waals surface area contributed by atoms with Crippen molar-refractivity contribution in [3.8, 4) is 51.0 Å². The van der Waals surface area contributed by atoms with Gasteiger partial charge in [0.15, 0.2) is 25.5 Å². The number of hydrogen-bond acceptors (Lipinski definition) is 3.